The number of urea groups is 1. The second kappa shape index (κ2) is 6.11. The maximum Gasteiger partial charge on any atom is 0.315 e. The van der Waals surface area contributed by atoms with Gasteiger partial charge in [-0.3, -0.25) is 4.68 Å². The number of carbonyl (C=O) groups is 1. The number of carbonyl (C=O) groups excluding carboxylic acids is 1. The molecule has 0 saturated heterocycles. The van der Waals surface area contributed by atoms with Gasteiger partial charge in [0.1, 0.15) is 0 Å². The quantitative estimate of drug-likeness (QED) is 0.832. The second-order valence-corrected chi connectivity index (χ2v) is 6.15. The lowest BCUT2D eigenvalue weighted by molar-refractivity contribution is 0.236. The van der Waals surface area contributed by atoms with Crippen LogP contribution in [0.1, 0.15) is 51.9 Å². The number of hydrogen-bond donors (Lipinski definition) is 2. The van der Waals surface area contributed by atoms with Gasteiger partial charge in [-0.1, -0.05) is 6.08 Å². The summed E-state index contributed by atoms with van der Waals surface area (Å²) in [7, 11) is 0. The van der Waals surface area contributed by atoms with Gasteiger partial charge in [0.2, 0.25) is 0 Å². The van der Waals surface area contributed by atoms with Crippen LogP contribution in [0, 0.1) is 6.92 Å². The Kier molecular flexibility index (Phi) is 4.98. The number of aryl methyl sites for hydroxylation is 1. The van der Waals surface area contributed by atoms with E-state index in [0.29, 0.717) is 0 Å². The predicted octanol–water partition coefficient (Wildman–Crippen LogP) is 2.88. The smallest absolute Gasteiger partial charge is 0.315 e. The normalized spacial score (nSPS) is 14.5. The molecule has 0 radical (unpaired) electrons. The van der Waals surface area contributed by atoms with Crippen LogP contribution in [0.2, 0.25) is 0 Å². The lowest BCUT2D eigenvalue weighted by Gasteiger charge is -2.19. The Hall–Kier alpha value is -1.78. The molecule has 0 aromatic carbocycles. The topological polar surface area (TPSA) is 59.0 Å². The first-order valence-electron chi connectivity index (χ1n) is 6.91. The predicted molar refractivity (Wildman–Crippen MR) is 81.7 cm³/mol. The van der Waals surface area contributed by atoms with Gasteiger partial charge >= 0.3 is 6.03 Å². The van der Waals surface area contributed by atoms with E-state index in [2.05, 4.69) is 43.1 Å². The molecule has 2 atom stereocenters. The molecule has 1 rings (SSSR count). The molecule has 0 fully saturated rings. The lowest BCUT2D eigenvalue weighted by Crippen LogP contribution is -2.41. The number of amides is 2. The van der Waals surface area contributed by atoms with Crippen LogP contribution in [0.25, 0.3) is 0 Å². The van der Waals surface area contributed by atoms with Gasteiger partial charge in [-0.15, -0.1) is 6.58 Å². The summed E-state index contributed by atoms with van der Waals surface area (Å²) >= 11 is 0. The molecule has 5 nitrogen and oxygen atoms in total. The maximum atomic E-state index is 11.8. The van der Waals surface area contributed by atoms with E-state index >= 15 is 0 Å². The van der Waals surface area contributed by atoms with Gasteiger partial charge in [0, 0.05) is 17.8 Å². The molecule has 2 N–H and O–H groups in total. The highest BCUT2D eigenvalue weighted by Gasteiger charge is 2.20. The fourth-order valence-corrected chi connectivity index (χ4v) is 1.82. The minimum Gasteiger partial charge on any atom is -0.332 e. The van der Waals surface area contributed by atoms with Crippen molar-refractivity contribution in [3.63, 3.8) is 0 Å². The molecule has 0 unspecified atom stereocenters. The van der Waals surface area contributed by atoms with Crippen molar-refractivity contribution in [2.24, 2.45) is 0 Å². The van der Waals surface area contributed by atoms with E-state index in [1.54, 1.807) is 6.08 Å². The molecule has 5 heteroatoms. The standard InChI is InChI=1S/C15H26N4O/c1-8-10(2)16-14(20)17-11(3)13-9-19(15(5,6)7)18-12(13)4/h8-11H,1H2,2-7H3,(H2,16,17,20)/t10-,11-/m0/s1. The highest BCUT2D eigenvalue weighted by atomic mass is 16.2. The zero-order valence-electron chi connectivity index (χ0n) is 13.3. The summed E-state index contributed by atoms with van der Waals surface area (Å²) < 4.78 is 1.93. The van der Waals surface area contributed by atoms with Gasteiger partial charge in [-0.05, 0) is 41.5 Å². The summed E-state index contributed by atoms with van der Waals surface area (Å²) in [5.74, 6) is 0. The Morgan fingerprint density at radius 3 is 2.45 bits per heavy atom. The van der Waals surface area contributed by atoms with Crippen LogP contribution in [-0.2, 0) is 5.54 Å². The molecule has 0 aliphatic heterocycles. The number of aromatic nitrogens is 2. The molecular formula is C15H26N4O. The summed E-state index contributed by atoms with van der Waals surface area (Å²) in [6, 6.07) is -0.350. The van der Waals surface area contributed by atoms with Crippen molar-refractivity contribution in [2.45, 2.75) is 59.2 Å². The third kappa shape index (κ3) is 4.11. The molecule has 112 valence electrons. The van der Waals surface area contributed by atoms with E-state index in [0.717, 1.165) is 11.3 Å². The van der Waals surface area contributed by atoms with Gasteiger partial charge in [-0.25, -0.2) is 4.79 Å². The van der Waals surface area contributed by atoms with E-state index in [-0.39, 0.29) is 23.7 Å². The van der Waals surface area contributed by atoms with Crippen LogP contribution in [0.5, 0.6) is 0 Å². The van der Waals surface area contributed by atoms with Crippen molar-refractivity contribution >= 4 is 6.03 Å². The maximum absolute atomic E-state index is 11.8. The van der Waals surface area contributed by atoms with Crippen LogP contribution in [0.3, 0.4) is 0 Å². The third-order valence-electron chi connectivity index (χ3n) is 3.15. The van der Waals surface area contributed by atoms with Gasteiger partial charge in [-0.2, -0.15) is 5.10 Å². The van der Waals surface area contributed by atoms with Crippen LogP contribution < -0.4 is 10.6 Å². The Balaban J connectivity index is 2.78. The van der Waals surface area contributed by atoms with E-state index in [4.69, 9.17) is 0 Å². The average molecular weight is 278 g/mol. The molecule has 0 aliphatic rings. The fourth-order valence-electron chi connectivity index (χ4n) is 1.82. The zero-order valence-corrected chi connectivity index (χ0v) is 13.3. The molecule has 1 aromatic heterocycles. The zero-order chi connectivity index (χ0) is 15.5. The van der Waals surface area contributed by atoms with E-state index < -0.39 is 0 Å². The highest BCUT2D eigenvalue weighted by molar-refractivity contribution is 5.74. The molecular weight excluding hydrogens is 252 g/mol. The fraction of sp³-hybridized carbons (Fsp3) is 0.600. The highest BCUT2D eigenvalue weighted by Crippen LogP contribution is 2.20. The summed E-state index contributed by atoms with van der Waals surface area (Å²) in [6.07, 6.45) is 3.68. The number of nitrogens with zero attached hydrogens (tertiary/aromatic N) is 2. The molecule has 1 aromatic rings. The third-order valence-corrected chi connectivity index (χ3v) is 3.15. The Morgan fingerprint density at radius 2 is 2.00 bits per heavy atom. The Labute approximate surface area is 121 Å². The van der Waals surface area contributed by atoms with Gasteiger partial charge in [0.05, 0.1) is 17.3 Å². The van der Waals surface area contributed by atoms with Crippen LogP contribution in [0.15, 0.2) is 18.9 Å². The van der Waals surface area contributed by atoms with E-state index in [9.17, 15) is 4.79 Å². The lowest BCUT2D eigenvalue weighted by atomic mass is 10.1. The van der Waals surface area contributed by atoms with Crippen LogP contribution in [0.4, 0.5) is 4.79 Å². The van der Waals surface area contributed by atoms with Crippen molar-refractivity contribution in [3.8, 4) is 0 Å². The van der Waals surface area contributed by atoms with Crippen molar-refractivity contribution in [2.75, 3.05) is 0 Å². The average Bonchev–Trinajstić information content (AvgIpc) is 2.70. The number of hydrogen-bond acceptors (Lipinski definition) is 2. The summed E-state index contributed by atoms with van der Waals surface area (Å²) in [5, 5.41) is 10.2. The van der Waals surface area contributed by atoms with Gasteiger partial charge < -0.3 is 10.6 Å². The minimum absolute atomic E-state index is 0.0550. The summed E-state index contributed by atoms with van der Waals surface area (Å²) in [4.78, 5) is 11.8. The first-order chi connectivity index (χ1) is 9.15. The molecule has 1 heterocycles. The van der Waals surface area contributed by atoms with Crippen molar-refractivity contribution in [3.05, 3.63) is 30.1 Å². The van der Waals surface area contributed by atoms with Gasteiger partial charge in [0.25, 0.3) is 0 Å². The second-order valence-electron chi connectivity index (χ2n) is 6.15. The van der Waals surface area contributed by atoms with Crippen molar-refractivity contribution in [1.82, 2.24) is 20.4 Å². The first-order valence-corrected chi connectivity index (χ1v) is 6.91. The Morgan fingerprint density at radius 1 is 1.40 bits per heavy atom. The Bertz CT molecular complexity index is 485. The largest absolute Gasteiger partial charge is 0.332 e. The van der Waals surface area contributed by atoms with Crippen molar-refractivity contribution in [1.29, 1.82) is 0 Å². The van der Waals surface area contributed by atoms with E-state index in [1.807, 2.05) is 31.6 Å². The minimum atomic E-state index is -0.201. The first kappa shape index (κ1) is 16.3. The summed E-state index contributed by atoms with van der Waals surface area (Å²) in [5.41, 5.74) is 1.90. The molecule has 0 saturated carbocycles. The molecule has 20 heavy (non-hydrogen) atoms. The molecule has 2 amide bonds. The van der Waals surface area contributed by atoms with Crippen molar-refractivity contribution < 1.29 is 4.79 Å². The molecule has 0 spiro atoms. The SMILES string of the molecule is C=C[C@H](C)NC(=O)N[C@@H](C)c1cn(C(C)(C)C)nc1C. The number of nitrogens with one attached hydrogen (secondary N) is 2. The molecule has 0 aliphatic carbocycles. The monoisotopic (exact) mass is 278 g/mol. The van der Waals surface area contributed by atoms with Crippen LogP contribution in [-0.4, -0.2) is 21.9 Å². The molecule has 0 bridgehead atoms. The number of rotatable bonds is 4. The van der Waals surface area contributed by atoms with E-state index in [1.165, 1.54) is 0 Å². The summed E-state index contributed by atoms with van der Waals surface area (Å²) in [6.45, 7) is 15.7. The van der Waals surface area contributed by atoms with Crippen LogP contribution >= 0.6 is 0 Å². The van der Waals surface area contributed by atoms with Gasteiger partial charge in [0.15, 0.2) is 0 Å².